The van der Waals surface area contributed by atoms with Crippen molar-refractivity contribution in [1.29, 1.82) is 0 Å². The number of carbonyl (C=O) groups is 5. The highest BCUT2D eigenvalue weighted by molar-refractivity contribution is 6.31. The topological polar surface area (TPSA) is 169 Å². The van der Waals surface area contributed by atoms with Gasteiger partial charge in [-0.3, -0.25) is 34.2 Å². The van der Waals surface area contributed by atoms with E-state index in [1.807, 2.05) is 5.32 Å². The van der Waals surface area contributed by atoms with Crippen LogP contribution in [0.25, 0.3) is 0 Å². The van der Waals surface area contributed by atoms with Gasteiger partial charge in [0.05, 0.1) is 47.6 Å². The molecule has 3 N–H and O–H groups in total. The van der Waals surface area contributed by atoms with E-state index in [4.69, 9.17) is 28.9 Å². The second-order valence-electron chi connectivity index (χ2n) is 14.9. The Morgan fingerprint density at radius 2 is 1.08 bits per heavy atom. The zero-order chi connectivity index (χ0) is 47.2. The fourth-order valence-electron chi connectivity index (χ4n) is 6.85. The largest absolute Gasteiger partial charge is 0.344 e. The number of hydrogen-bond acceptors (Lipinski definition) is 10. The van der Waals surface area contributed by atoms with Crippen molar-refractivity contribution in [2.24, 2.45) is 5.73 Å². The summed E-state index contributed by atoms with van der Waals surface area (Å²) >= 11 is 11.9. The quantitative estimate of drug-likeness (QED) is 0.113. The van der Waals surface area contributed by atoms with Gasteiger partial charge in [0, 0.05) is 87.3 Å². The minimum absolute atomic E-state index is 0.0192. The number of ketones is 2. The molecular formula is C44H50Cl2F4N10O5. The molecule has 2 fully saturated rings. The maximum atomic E-state index is 13.7. The SMILES string of the molecule is CCN1CCN(C(=O)N(Cc2ccc(C(=O)CN)cn2)c2ccc(F)c(Cl)c2)CC1.CCN1CCN(C(=O)N(Cc2ccc(C(=O)CNC(=O)C(F)F)cn2)c2ccc(F)c(Cl)c2)CC1. The maximum Gasteiger partial charge on any atom is 0.324 e. The number of nitrogens with zero attached hydrogens (tertiary/aromatic N) is 8. The molecule has 0 spiro atoms. The first-order valence-corrected chi connectivity index (χ1v) is 21.6. The Bertz CT molecular complexity index is 2280. The molecule has 65 heavy (non-hydrogen) atoms. The van der Waals surface area contributed by atoms with Gasteiger partial charge in [-0.25, -0.2) is 18.4 Å². The van der Waals surface area contributed by atoms with Crippen LogP contribution in [0.15, 0.2) is 73.1 Å². The molecule has 2 aromatic carbocycles. The summed E-state index contributed by atoms with van der Waals surface area (Å²) < 4.78 is 52.0. The molecule has 0 aliphatic carbocycles. The number of carbonyl (C=O) groups excluding carboxylic acids is 5. The van der Waals surface area contributed by atoms with Gasteiger partial charge >= 0.3 is 18.5 Å². The molecule has 0 unspecified atom stereocenters. The monoisotopic (exact) mass is 944 g/mol. The molecule has 2 aliphatic heterocycles. The summed E-state index contributed by atoms with van der Waals surface area (Å²) in [6.45, 7) is 10.8. The number of nitrogens with two attached hydrogens (primary N) is 1. The Hall–Kier alpha value is -5.73. The van der Waals surface area contributed by atoms with Crippen LogP contribution in [0.2, 0.25) is 10.0 Å². The molecule has 21 heteroatoms. The molecule has 2 aliphatic rings. The van der Waals surface area contributed by atoms with Crippen molar-refractivity contribution in [2.75, 3.05) is 88.3 Å². The average Bonchev–Trinajstić information content (AvgIpc) is 3.33. The van der Waals surface area contributed by atoms with Crippen LogP contribution in [0.1, 0.15) is 46.0 Å². The number of alkyl halides is 2. The number of urea groups is 2. The lowest BCUT2D eigenvalue weighted by Gasteiger charge is -2.37. The Morgan fingerprint density at radius 1 is 0.662 bits per heavy atom. The van der Waals surface area contributed by atoms with Crippen molar-refractivity contribution in [2.45, 2.75) is 33.4 Å². The van der Waals surface area contributed by atoms with Gasteiger partial charge in [-0.05, 0) is 73.8 Å². The first-order chi connectivity index (χ1) is 31.1. The smallest absolute Gasteiger partial charge is 0.324 e. The number of Topliss-reactive ketones (excluding diaryl/α,β-unsaturated/α-hetero) is 2. The standard InChI is InChI=1S/C23H25ClF3N5O3.C21H25ClFN5O2/c1-2-30-7-9-31(10-8-30)23(35)32(17-5-6-19(25)18(24)11-17)14-16-4-3-15(12-28-16)20(33)13-29-22(34)21(26)27;1-2-26-7-9-27(10-8-26)21(30)28(17-5-6-19(23)18(22)11-17)14-16-4-3-15(13-25-16)20(29)12-24/h3-6,11-12,21H,2,7-10,13-14H2,1H3,(H,29,34);3-6,11,13H,2,7-10,12,14,24H2,1H3. The molecule has 2 aromatic heterocycles. The van der Waals surface area contributed by atoms with Crippen molar-refractivity contribution in [3.63, 3.8) is 0 Å². The molecule has 15 nitrogen and oxygen atoms in total. The van der Waals surface area contributed by atoms with E-state index in [9.17, 15) is 41.5 Å². The van der Waals surface area contributed by atoms with Crippen LogP contribution >= 0.6 is 23.2 Å². The normalized spacial score (nSPS) is 14.4. The van der Waals surface area contributed by atoms with Crippen molar-refractivity contribution in [1.82, 2.24) is 34.9 Å². The number of anilines is 2. The Balaban J connectivity index is 0.000000247. The van der Waals surface area contributed by atoms with Gasteiger partial charge in [0.1, 0.15) is 11.6 Å². The summed E-state index contributed by atoms with van der Waals surface area (Å²) in [5.74, 6) is -3.49. The van der Waals surface area contributed by atoms with Gasteiger partial charge < -0.3 is 30.7 Å². The van der Waals surface area contributed by atoms with Crippen LogP contribution in [0.4, 0.5) is 38.5 Å². The number of halogens is 6. The van der Waals surface area contributed by atoms with Crippen molar-refractivity contribution < 1.29 is 41.5 Å². The van der Waals surface area contributed by atoms with E-state index < -0.39 is 36.3 Å². The number of nitrogens with one attached hydrogen (secondary N) is 1. The van der Waals surface area contributed by atoms with Gasteiger partial charge in [0.15, 0.2) is 11.6 Å². The summed E-state index contributed by atoms with van der Waals surface area (Å²) in [5, 5.41) is 1.66. The Morgan fingerprint density at radius 3 is 1.42 bits per heavy atom. The van der Waals surface area contributed by atoms with Gasteiger partial charge in [-0.15, -0.1) is 0 Å². The zero-order valence-corrected chi connectivity index (χ0v) is 37.4. The van der Waals surface area contributed by atoms with E-state index in [0.717, 1.165) is 39.3 Å². The number of pyridine rings is 2. The molecule has 5 amide bonds. The van der Waals surface area contributed by atoms with Crippen LogP contribution in [0.3, 0.4) is 0 Å². The molecule has 0 saturated carbocycles. The Labute approximate surface area is 384 Å². The van der Waals surface area contributed by atoms with Crippen LogP contribution in [-0.2, 0) is 17.9 Å². The predicted molar refractivity (Wildman–Crippen MR) is 239 cm³/mol. The summed E-state index contributed by atoms with van der Waals surface area (Å²) in [4.78, 5) is 81.0. The molecule has 0 bridgehead atoms. The first-order valence-electron chi connectivity index (χ1n) is 20.8. The molecular weight excluding hydrogens is 895 g/mol. The molecule has 6 rings (SSSR count). The molecule has 0 atom stereocenters. The van der Waals surface area contributed by atoms with Crippen molar-refractivity contribution in [3.8, 4) is 0 Å². The third kappa shape index (κ3) is 13.9. The molecule has 4 aromatic rings. The minimum atomic E-state index is -3.21. The van der Waals surface area contributed by atoms with Gasteiger partial charge in [0.25, 0.3) is 5.91 Å². The maximum absolute atomic E-state index is 13.7. The van der Waals surface area contributed by atoms with E-state index in [1.54, 1.807) is 21.9 Å². The molecule has 4 heterocycles. The minimum Gasteiger partial charge on any atom is -0.344 e. The Kier molecular flexibility index (Phi) is 18.5. The molecule has 0 radical (unpaired) electrons. The summed E-state index contributed by atoms with van der Waals surface area (Å²) in [6, 6.07) is 14.0. The lowest BCUT2D eigenvalue weighted by Crippen LogP contribution is -2.52. The second-order valence-corrected chi connectivity index (χ2v) is 15.7. The third-order valence-corrected chi connectivity index (χ3v) is 11.4. The fourth-order valence-corrected chi connectivity index (χ4v) is 7.20. The first kappa shape index (κ1) is 50.3. The highest BCUT2D eigenvalue weighted by atomic mass is 35.5. The number of aromatic nitrogens is 2. The van der Waals surface area contributed by atoms with Crippen LogP contribution < -0.4 is 20.9 Å². The van der Waals surface area contributed by atoms with Crippen molar-refractivity contribution >= 4 is 64.1 Å². The number of rotatable bonds is 14. The van der Waals surface area contributed by atoms with Gasteiger partial charge in [-0.2, -0.15) is 8.78 Å². The second kappa shape index (κ2) is 24.0. The van der Waals surface area contributed by atoms with E-state index in [2.05, 4.69) is 33.6 Å². The average molecular weight is 946 g/mol. The van der Waals surface area contributed by atoms with E-state index in [-0.39, 0.29) is 53.1 Å². The summed E-state index contributed by atoms with van der Waals surface area (Å²) in [6.07, 6.45) is -0.520. The lowest BCUT2D eigenvalue weighted by atomic mass is 10.1. The van der Waals surface area contributed by atoms with Crippen LogP contribution in [0, 0.1) is 11.6 Å². The highest BCUT2D eigenvalue weighted by Gasteiger charge is 2.29. The van der Waals surface area contributed by atoms with Crippen LogP contribution in [-0.4, -0.2) is 144 Å². The van der Waals surface area contributed by atoms with Gasteiger partial charge in [0.2, 0.25) is 0 Å². The fraction of sp³-hybridized carbons (Fsp3) is 0.386. The van der Waals surface area contributed by atoms with E-state index in [0.29, 0.717) is 54.5 Å². The highest BCUT2D eigenvalue weighted by Crippen LogP contribution is 2.27. The van der Waals surface area contributed by atoms with E-state index in [1.165, 1.54) is 70.7 Å². The summed E-state index contributed by atoms with van der Waals surface area (Å²) in [7, 11) is 0. The van der Waals surface area contributed by atoms with Crippen molar-refractivity contribution in [3.05, 3.63) is 117 Å². The summed E-state index contributed by atoms with van der Waals surface area (Å²) in [5.41, 5.74) is 7.80. The molecule has 2 saturated heterocycles. The van der Waals surface area contributed by atoms with E-state index >= 15 is 0 Å². The third-order valence-electron chi connectivity index (χ3n) is 10.8. The predicted octanol–water partition coefficient (Wildman–Crippen LogP) is 5.98. The number of likely N-dealkylation sites (N-methyl/N-ethyl adjacent to an activating group) is 2. The lowest BCUT2D eigenvalue weighted by molar-refractivity contribution is -0.131. The van der Waals surface area contributed by atoms with Gasteiger partial charge in [-0.1, -0.05) is 37.0 Å². The zero-order valence-electron chi connectivity index (χ0n) is 35.9. The number of piperazine rings is 2. The van der Waals surface area contributed by atoms with Crippen LogP contribution in [0.5, 0.6) is 0 Å². The number of benzene rings is 2. The molecule has 348 valence electrons. The number of amides is 5. The number of hydrogen-bond donors (Lipinski definition) is 2.